The fraction of sp³-hybridized carbons (Fsp3) is 0.469. The maximum atomic E-state index is 6.04. The molecular formula is C32H43NO3. The number of para-hydroxylation sites is 1. The Balaban J connectivity index is 1.50. The molecule has 0 spiro atoms. The van der Waals surface area contributed by atoms with Crippen molar-refractivity contribution in [2.24, 2.45) is 0 Å². The number of unbranched alkanes of at least 4 members (excludes halogenated alkanes) is 9. The maximum absolute atomic E-state index is 6.04. The largest absolute Gasteiger partial charge is 0.493 e. The normalized spacial score (nSPS) is 11.3. The molecule has 0 unspecified atom stereocenters. The van der Waals surface area contributed by atoms with E-state index < -0.39 is 0 Å². The molecule has 2 aromatic carbocycles. The Bertz CT molecular complexity index is 1080. The van der Waals surface area contributed by atoms with Crippen molar-refractivity contribution >= 4 is 23.1 Å². The van der Waals surface area contributed by atoms with Gasteiger partial charge in [0.05, 0.1) is 25.8 Å². The second kappa shape index (κ2) is 15.9. The van der Waals surface area contributed by atoms with Crippen LogP contribution in [0.25, 0.3) is 23.1 Å². The van der Waals surface area contributed by atoms with Crippen molar-refractivity contribution in [1.82, 2.24) is 4.98 Å². The summed E-state index contributed by atoms with van der Waals surface area (Å²) < 4.78 is 17.5. The summed E-state index contributed by atoms with van der Waals surface area (Å²) in [5, 5.41) is 1.07. The van der Waals surface area contributed by atoms with Gasteiger partial charge >= 0.3 is 0 Å². The number of benzene rings is 2. The summed E-state index contributed by atoms with van der Waals surface area (Å²) in [5.74, 6) is 2.33. The Kier molecular flexibility index (Phi) is 12.2. The molecule has 0 atom stereocenters. The van der Waals surface area contributed by atoms with Gasteiger partial charge in [0.25, 0.3) is 0 Å². The van der Waals surface area contributed by atoms with E-state index in [2.05, 4.69) is 19.1 Å². The van der Waals surface area contributed by atoms with Gasteiger partial charge in [-0.25, -0.2) is 4.98 Å². The first-order chi connectivity index (χ1) is 17.7. The van der Waals surface area contributed by atoms with Gasteiger partial charge < -0.3 is 14.2 Å². The third kappa shape index (κ3) is 8.89. The summed E-state index contributed by atoms with van der Waals surface area (Å²) in [6.45, 7) is 5.58. The van der Waals surface area contributed by atoms with Gasteiger partial charge in [0.15, 0.2) is 11.5 Å². The zero-order valence-electron chi connectivity index (χ0n) is 22.4. The summed E-state index contributed by atoms with van der Waals surface area (Å²) in [6.07, 6.45) is 17.2. The van der Waals surface area contributed by atoms with Crippen LogP contribution in [0.2, 0.25) is 0 Å². The van der Waals surface area contributed by atoms with Crippen molar-refractivity contribution < 1.29 is 14.2 Å². The fourth-order valence-corrected chi connectivity index (χ4v) is 4.36. The van der Waals surface area contributed by atoms with Crippen LogP contribution < -0.4 is 14.2 Å². The van der Waals surface area contributed by atoms with Crippen molar-refractivity contribution in [2.45, 2.75) is 78.1 Å². The van der Waals surface area contributed by atoms with Crippen LogP contribution in [0.1, 0.15) is 89.3 Å². The average molecular weight is 490 g/mol. The monoisotopic (exact) mass is 489 g/mol. The van der Waals surface area contributed by atoms with E-state index in [0.29, 0.717) is 6.61 Å². The Morgan fingerprint density at radius 1 is 0.694 bits per heavy atom. The number of nitrogens with zero attached hydrogens (tertiary/aromatic N) is 1. The quantitative estimate of drug-likeness (QED) is 0.177. The lowest BCUT2D eigenvalue weighted by molar-refractivity contribution is 0.284. The lowest BCUT2D eigenvalue weighted by Gasteiger charge is -2.12. The summed E-state index contributed by atoms with van der Waals surface area (Å²) >= 11 is 0. The van der Waals surface area contributed by atoms with Crippen LogP contribution >= 0.6 is 0 Å². The van der Waals surface area contributed by atoms with E-state index >= 15 is 0 Å². The minimum Gasteiger partial charge on any atom is -0.493 e. The van der Waals surface area contributed by atoms with Crippen molar-refractivity contribution in [2.75, 3.05) is 20.3 Å². The van der Waals surface area contributed by atoms with E-state index in [0.717, 1.165) is 52.4 Å². The van der Waals surface area contributed by atoms with Crippen LogP contribution in [-0.2, 0) is 0 Å². The zero-order valence-corrected chi connectivity index (χ0v) is 22.4. The second-order valence-electron chi connectivity index (χ2n) is 9.27. The van der Waals surface area contributed by atoms with E-state index in [1.165, 1.54) is 57.8 Å². The van der Waals surface area contributed by atoms with Crippen LogP contribution in [0.5, 0.6) is 17.2 Å². The lowest BCUT2D eigenvalue weighted by atomic mass is 10.1. The molecule has 0 radical (unpaired) electrons. The lowest BCUT2D eigenvalue weighted by Crippen LogP contribution is -1.99. The summed E-state index contributed by atoms with van der Waals surface area (Å²) in [5.41, 5.74) is 2.79. The summed E-state index contributed by atoms with van der Waals surface area (Å²) in [7, 11) is 1.69. The Hall–Kier alpha value is -3.01. The van der Waals surface area contributed by atoms with Crippen LogP contribution in [0.4, 0.5) is 0 Å². The third-order valence-electron chi connectivity index (χ3n) is 6.39. The molecule has 3 aromatic rings. The highest BCUT2D eigenvalue weighted by Gasteiger charge is 2.07. The molecule has 4 nitrogen and oxygen atoms in total. The molecule has 36 heavy (non-hydrogen) atoms. The van der Waals surface area contributed by atoms with Gasteiger partial charge in [-0.2, -0.15) is 0 Å². The molecule has 0 saturated carbocycles. The molecule has 1 heterocycles. The third-order valence-corrected chi connectivity index (χ3v) is 6.39. The average Bonchev–Trinajstić information content (AvgIpc) is 2.91. The molecule has 194 valence electrons. The number of methoxy groups -OCH3 is 1. The predicted molar refractivity (Wildman–Crippen MR) is 152 cm³/mol. The highest BCUT2D eigenvalue weighted by atomic mass is 16.5. The van der Waals surface area contributed by atoms with E-state index in [1.807, 2.05) is 55.5 Å². The molecular weight excluding hydrogens is 446 g/mol. The van der Waals surface area contributed by atoms with Gasteiger partial charge in [0, 0.05) is 5.39 Å². The number of hydrogen-bond acceptors (Lipinski definition) is 4. The van der Waals surface area contributed by atoms with Gasteiger partial charge in [0.1, 0.15) is 11.4 Å². The standard InChI is InChI=1S/C32H43NO3/c1-4-6-7-8-9-10-11-12-13-16-23-36-30-22-20-26(24-32(30)34-3)19-21-29-31(35-5-2)25-27-17-14-15-18-28(27)33-29/h14-15,17-22,24-25H,4-13,16,23H2,1-3H3/b21-19+. The molecule has 0 aliphatic rings. The van der Waals surface area contributed by atoms with Crippen molar-refractivity contribution in [3.05, 3.63) is 59.8 Å². The number of pyridine rings is 1. The van der Waals surface area contributed by atoms with Crippen LogP contribution in [0, 0.1) is 0 Å². The smallest absolute Gasteiger partial charge is 0.161 e. The minimum absolute atomic E-state index is 0.597. The second-order valence-corrected chi connectivity index (χ2v) is 9.27. The SMILES string of the molecule is CCCCCCCCCCCCOc1ccc(/C=C/c2nc3ccccc3cc2OCC)cc1OC. The van der Waals surface area contributed by atoms with Crippen LogP contribution in [-0.4, -0.2) is 25.3 Å². The van der Waals surface area contributed by atoms with Gasteiger partial charge in [0.2, 0.25) is 0 Å². The van der Waals surface area contributed by atoms with Crippen molar-refractivity contribution in [1.29, 1.82) is 0 Å². The molecule has 0 fully saturated rings. The van der Waals surface area contributed by atoms with Gasteiger partial charge in [-0.3, -0.25) is 0 Å². The Morgan fingerprint density at radius 3 is 2.14 bits per heavy atom. The molecule has 0 amide bonds. The first-order valence-corrected chi connectivity index (χ1v) is 13.8. The minimum atomic E-state index is 0.597. The molecule has 3 rings (SSSR count). The Morgan fingerprint density at radius 2 is 1.42 bits per heavy atom. The predicted octanol–water partition coefficient (Wildman–Crippen LogP) is 9.11. The van der Waals surface area contributed by atoms with Gasteiger partial charge in [-0.1, -0.05) is 95.1 Å². The van der Waals surface area contributed by atoms with Gasteiger partial charge in [-0.15, -0.1) is 0 Å². The van der Waals surface area contributed by atoms with Crippen molar-refractivity contribution in [3.63, 3.8) is 0 Å². The zero-order chi connectivity index (χ0) is 25.4. The summed E-state index contributed by atoms with van der Waals surface area (Å²) in [4.78, 5) is 4.79. The molecule has 0 aliphatic heterocycles. The fourth-order valence-electron chi connectivity index (χ4n) is 4.36. The Labute approximate surface area is 217 Å². The number of fused-ring (bicyclic) bond motifs is 1. The number of ether oxygens (including phenoxy) is 3. The van der Waals surface area contributed by atoms with Crippen LogP contribution in [0.3, 0.4) is 0 Å². The molecule has 0 saturated heterocycles. The molecule has 0 aliphatic carbocycles. The molecule has 0 N–H and O–H groups in total. The van der Waals surface area contributed by atoms with Crippen LogP contribution in [0.15, 0.2) is 48.5 Å². The topological polar surface area (TPSA) is 40.6 Å². The number of hydrogen-bond donors (Lipinski definition) is 0. The van der Waals surface area contributed by atoms with Gasteiger partial charge in [-0.05, 0) is 49.2 Å². The molecule has 4 heteroatoms. The highest BCUT2D eigenvalue weighted by Crippen LogP contribution is 2.30. The van der Waals surface area contributed by atoms with E-state index in [4.69, 9.17) is 19.2 Å². The summed E-state index contributed by atoms with van der Waals surface area (Å²) in [6, 6.07) is 16.2. The number of rotatable bonds is 17. The first-order valence-electron chi connectivity index (χ1n) is 13.8. The van der Waals surface area contributed by atoms with E-state index in [9.17, 15) is 0 Å². The molecule has 0 bridgehead atoms. The first kappa shape index (κ1) is 27.6. The van der Waals surface area contributed by atoms with E-state index in [-0.39, 0.29) is 0 Å². The van der Waals surface area contributed by atoms with E-state index in [1.54, 1.807) is 7.11 Å². The number of aromatic nitrogens is 1. The maximum Gasteiger partial charge on any atom is 0.161 e. The highest BCUT2D eigenvalue weighted by molar-refractivity contribution is 5.83. The van der Waals surface area contributed by atoms with Crippen molar-refractivity contribution in [3.8, 4) is 17.2 Å². The molecule has 1 aromatic heterocycles.